The summed E-state index contributed by atoms with van der Waals surface area (Å²) in [5.74, 6) is 0.567. The van der Waals surface area contributed by atoms with Crippen LogP contribution in [0.15, 0.2) is 66.7 Å². The summed E-state index contributed by atoms with van der Waals surface area (Å²) in [5, 5.41) is 28.9. The molecule has 0 saturated carbocycles. The van der Waals surface area contributed by atoms with Crippen LogP contribution in [0, 0.1) is 22.7 Å². The molecule has 6 nitrogen and oxygen atoms in total. The van der Waals surface area contributed by atoms with Crippen LogP contribution < -0.4 is 9.64 Å². The quantitative estimate of drug-likeness (QED) is 0.441. The summed E-state index contributed by atoms with van der Waals surface area (Å²) in [6.07, 6.45) is 0.944. The van der Waals surface area contributed by atoms with E-state index >= 15 is 0 Å². The number of anilines is 1. The highest BCUT2D eigenvalue weighted by Gasteiger charge is 2.33. The van der Waals surface area contributed by atoms with Crippen LogP contribution in [0.25, 0.3) is 0 Å². The Hall–Kier alpha value is -3.55. The minimum Gasteiger partial charge on any atom is -0.491 e. The lowest BCUT2D eigenvalue weighted by Crippen LogP contribution is -2.49. The third-order valence-electron chi connectivity index (χ3n) is 6.68. The first-order valence-electron chi connectivity index (χ1n) is 12.1. The molecular formula is C29H29ClN4O2. The molecule has 7 heteroatoms. The zero-order valence-electron chi connectivity index (χ0n) is 20.3. The molecule has 1 aliphatic rings. The fourth-order valence-corrected chi connectivity index (χ4v) is 5.06. The fraction of sp³-hybridized carbons (Fsp3) is 0.310. The van der Waals surface area contributed by atoms with Crippen molar-refractivity contribution in [3.05, 3.63) is 94.0 Å². The van der Waals surface area contributed by atoms with Crippen molar-refractivity contribution in [2.24, 2.45) is 0 Å². The summed E-state index contributed by atoms with van der Waals surface area (Å²) in [6.45, 7) is 4.63. The molecule has 0 spiro atoms. The van der Waals surface area contributed by atoms with E-state index in [0.29, 0.717) is 21.9 Å². The van der Waals surface area contributed by atoms with Crippen LogP contribution in [0.3, 0.4) is 0 Å². The maximum Gasteiger partial charge on any atom is 0.120 e. The number of halogens is 1. The van der Waals surface area contributed by atoms with E-state index in [1.807, 2.05) is 36.4 Å². The largest absolute Gasteiger partial charge is 0.491 e. The number of piperazine rings is 1. The van der Waals surface area contributed by atoms with Gasteiger partial charge in [0.2, 0.25) is 0 Å². The van der Waals surface area contributed by atoms with Gasteiger partial charge in [-0.05, 0) is 60.0 Å². The van der Waals surface area contributed by atoms with Gasteiger partial charge < -0.3 is 14.7 Å². The van der Waals surface area contributed by atoms with E-state index in [0.717, 1.165) is 37.3 Å². The average Bonchev–Trinajstić information content (AvgIpc) is 2.93. The second-order valence-corrected chi connectivity index (χ2v) is 9.21. The summed E-state index contributed by atoms with van der Waals surface area (Å²) in [5.41, 5.74) is 4.39. The molecule has 0 aromatic heterocycles. The number of nitriles is 2. The van der Waals surface area contributed by atoms with Gasteiger partial charge in [-0.3, -0.25) is 4.90 Å². The molecule has 0 radical (unpaired) electrons. The molecule has 1 N–H and O–H groups in total. The topological polar surface area (TPSA) is 83.5 Å². The number of hydrogen-bond donors (Lipinski definition) is 1. The summed E-state index contributed by atoms with van der Waals surface area (Å²) < 4.78 is 5.53. The molecule has 1 saturated heterocycles. The van der Waals surface area contributed by atoms with Crippen molar-refractivity contribution >= 4 is 17.3 Å². The third-order valence-corrected chi connectivity index (χ3v) is 6.93. The predicted molar refractivity (Wildman–Crippen MR) is 141 cm³/mol. The van der Waals surface area contributed by atoms with Gasteiger partial charge in [-0.2, -0.15) is 10.5 Å². The van der Waals surface area contributed by atoms with E-state index in [1.54, 1.807) is 6.07 Å². The Kier molecular flexibility index (Phi) is 8.46. The second-order valence-electron chi connectivity index (χ2n) is 8.78. The number of ether oxygens (including phenoxy) is 1. The van der Waals surface area contributed by atoms with Gasteiger partial charge in [-0.25, -0.2) is 0 Å². The predicted octanol–water partition coefficient (Wildman–Crippen LogP) is 5.47. The van der Waals surface area contributed by atoms with Gasteiger partial charge in [-0.1, -0.05) is 42.8 Å². The molecule has 0 aliphatic carbocycles. The van der Waals surface area contributed by atoms with Crippen molar-refractivity contribution in [1.29, 1.82) is 10.5 Å². The standard InChI is InChI=1S/C29H29ClN4O2/c1-2-27(22-5-3-21(18-31)4-6-22)33-13-14-34(29(20-33)23-7-9-25(30)10-8-23)28-12-11-26(36-16-15-35)17-24(28)19-32/h3-12,17,27,29,35H,2,13-16,20H2,1H3/t27-,29+/m1/s1. The summed E-state index contributed by atoms with van der Waals surface area (Å²) >= 11 is 6.20. The molecule has 36 heavy (non-hydrogen) atoms. The zero-order valence-corrected chi connectivity index (χ0v) is 21.0. The lowest BCUT2D eigenvalue weighted by molar-refractivity contribution is 0.156. The fourth-order valence-electron chi connectivity index (χ4n) is 4.94. The highest BCUT2D eigenvalue weighted by Crippen LogP contribution is 2.37. The van der Waals surface area contributed by atoms with Crippen LogP contribution in [0.5, 0.6) is 5.75 Å². The van der Waals surface area contributed by atoms with E-state index in [1.165, 1.54) is 5.56 Å². The number of benzene rings is 3. The molecule has 3 aromatic carbocycles. The number of aliphatic hydroxyl groups excluding tert-OH is 1. The number of rotatable bonds is 8. The summed E-state index contributed by atoms with van der Waals surface area (Å²) in [6, 6.07) is 26.1. The van der Waals surface area contributed by atoms with Crippen LogP contribution in [0.2, 0.25) is 5.02 Å². The zero-order chi connectivity index (χ0) is 25.5. The molecule has 0 unspecified atom stereocenters. The highest BCUT2D eigenvalue weighted by molar-refractivity contribution is 6.30. The molecule has 184 valence electrons. The molecule has 0 bridgehead atoms. The lowest BCUT2D eigenvalue weighted by atomic mass is 9.95. The van der Waals surface area contributed by atoms with E-state index in [9.17, 15) is 10.5 Å². The smallest absolute Gasteiger partial charge is 0.120 e. The van der Waals surface area contributed by atoms with Crippen molar-refractivity contribution in [1.82, 2.24) is 4.90 Å². The van der Waals surface area contributed by atoms with Crippen LogP contribution >= 0.6 is 11.6 Å². The Morgan fingerprint density at radius 3 is 2.42 bits per heavy atom. The third kappa shape index (κ3) is 5.64. The molecule has 1 heterocycles. The maximum atomic E-state index is 9.93. The first-order chi connectivity index (χ1) is 17.6. The highest BCUT2D eigenvalue weighted by atomic mass is 35.5. The van der Waals surface area contributed by atoms with Gasteiger partial charge in [0.15, 0.2) is 0 Å². The van der Waals surface area contributed by atoms with E-state index in [2.05, 4.69) is 53.1 Å². The first kappa shape index (κ1) is 25.5. The van der Waals surface area contributed by atoms with Crippen LogP contribution in [0.1, 0.15) is 47.7 Å². The van der Waals surface area contributed by atoms with E-state index < -0.39 is 0 Å². The normalized spacial score (nSPS) is 16.7. The van der Waals surface area contributed by atoms with Crippen molar-refractivity contribution < 1.29 is 9.84 Å². The monoisotopic (exact) mass is 500 g/mol. The second kappa shape index (κ2) is 11.9. The Labute approximate surface area is 217 Å². The lowest BCUT2D eigenvalue weighted by Gasteiger charge is -2.46. The number of aliphatic hydroxyl groups is 1. The van der Waals surface area contributed by atoms with Gasteiger partial charge in [0.05, 0.1) is 35.5 Å². The van der Waals surface area contributed by atoms with Gasteiger partial charge in [-0.15, -0.1) is 0 Å². The molecule has 1 aliphatic heterocycles. The molecular weight excluding hydrogens is 472 g/mol. The number of hydrogen-bond acceptors (Lipinski definition) is 6. The van der Waals surface area contributed by atoms with Crippen molar-refractivity contribution in [2.75, 3.05) is 37.7 Å². The summed E-state index contributed by atoms with van der Waals surface area (Å²) in [4.78, 5) is 4.78. The van der Waals surface area contributed by atoms with Crippen LogP contribution in [-0.4, -0.2) is 42.9 Å². The molecule has 2 atom stereocenters. The Bertz CT molecular complexity index is 1250. The Balaban J connectivity index is 1.67. The summed E-state index contributed by atoms with van der Waals surface area (Å²) in [7, 11) is 0. The van der Waals surface area contributed by atoms with Crippen LogP contribution in [0.4, 0.5) is 5.69 Å². The number of nitrogens with zero attached hydrogens (tertiary/aromatic N) is 4. The van der Waals surface area contributed by atoms with Crippen LogP contribution in [-0.2, 0) is 0 Å². The van der Waals surface area contributed by atoms with Gasteiger partial charge in [0.25, 0.3) is 0 Å². The van der Waals surface area contributed by atoms with E-state index in [4.69, 9.17) is 21.4 Å². The molecule has 3 aromatic rings. The van der Waals surface area contributed by atoms with Gasteiger partial charge >= 0.3 is 0 Å². The van der Waals surface area contributed by atoms with Crippen molar-refractivity contribution in [2.45, 2.75) is 25.4 Å². The minimum atomic E-state index is -0.0813. The Morgan fingerprint density at radius 2 is 1.78 bits per heavy atom. The average molecular weight is 501 g/mol. The van der Waals surface area contributed by atoms with Gasteiger partial charge in [0, 0.05) is 30.7 Å². The molecule has 1 fully saturated rings. The SMILES string of the molecule is CC[C@H](c1ccc(C#N)cc1)N1CCN(c2ccc(OCCO)cc2C#N)[C@H](c2ccc(Cl)cc2)C1. The van der Waals surface area contributed by atoms with E-state index in [-0.39, 0.29) is 25.3 Å². The van der Waals surface area contributed by atoms with Gasteiger partial charge in [0.1, 0.15) is 18.4 Å². The minimum absolute atomic E-state index is 0.0137. The van der Waals surface area contributed by atoms with Crippen molar-refractivity contribution in [3.63, 3.8) is 0 Å². The maximum absolute atomic E-state index is 9.93. The van der Waals surface area contributed by atoms with Crippen molar-refractivity contribution in [3.8, 4) is 17.9 Å². The molecule has 0 amide bonds. The Morgan fingerprint density at radius 1 is 1.03 bits per heavy atom. The molecule has 4 rings (SSSR count). The first-order valence-corrected chi connectivity index (χ1v) is 12.5.